The van der Waals surface area contributed by atoms with Crippen molar-refractivity contribution in [2.75, 3.05) is 31.7 Å². The molecule has 1 atom stereocenters. The van der Waals surface area contributed by atoms with Crippen molar-refractivity contribution >= 4 is 11.9 Å². The molecule has 0 spiro atoms. The van der Waals surface area contributed by atoms with Crippen molar-refractivity contribution < 1.29 is 4.74 Å². The smallest absolute Gasteiger partial charge is 0.119 e. The number of hydrogen-bond acceptors (Lipinski definition) is 4. The van der Waals surface area contributed by atoms with Crippen LogP contribution < -0.4 is 10.2 Å². The van der Waals surface area contributed by atoms with E-state index in [4.69, 9.17) is 4.74 Å². The van der Waals surface area contributed by atoms with Crippen molar-refractivity contribution in [3.05, 3.63) is 60.2 Å². The van der Waals surface area contributed by atoms with Gasteiger partial charge in [-0.15, -0.1) is 0 Å². The fourth-order valence-corrected chi connectivity index (χ4v) is 3.35. The molecule has 4 heteroatoms. The molecule has 0 aliphatic carbocycles. The molecule has 26 heavy (non-hydrogen) atoms. The van der Waals surface area contributed by atoms with Crippen LogP contribution in [0.1, 0.15) is 31.7 Å². The number of rotatable bonds is 8. The minimum Gasteiger partial charge on any atom is -0.494 e. The van der Waals surface area contributed by atoms with Gasteiger partial charge in [0.2, 0.25) is 0 Å². The molecule has 0 aromatic heterocycles. The van der Waals surface area contributed by atoms with Gasteiger partial charge in [0.05, 0.1) is 18.5 Å². The van der Waals surface area contributed by atoms with Gasteiger partial charge in [-0.3, -0.25) is 5.43 Å². The summed E-state index contributed by atoms with van der Waals surface area (Å²) in [6.45, 7) is 6.72. The van der Waals surface area contributed by atoms with Gasteiger partial charge in [-0.2, -0.15) is 5.10 Å². The molecule has 0 radical (unpaired) electrons. The SMILES string of the molecule is CC1CCCN(CCCOc2cccc(C=NNc3ccccc3)c2)C1. The van der Waals surface area contributed by atoms with Crippen LogP contribution in [0.15, 0.2) is 59.7 Å². The molecule has 0 amide bonds. The highest BCUT2D eigenvalue weighted by molar-refractivity contribution is 5.80. The molecule has 1 N–H and O–H groups in total. The number of hydrazone groups is 1. The number of benzene rings is 2. The molecular weight excluding hydrogens is 322 g/mol. The van der Waals surface area contributed by atoms with Gasteiger partial charge in [-0.05, 0) is 61.6 Å². The van der Waals surface area contributed by atoms with Crippen LogP contribution >= 0.6 is 0 Å². The molecule has 0 bridgehead atoms. The molecular formula is C22H29N3O. The second-order valence-electron chi connectivity index (χ2n) is 7.06. The van der Waals surface area contributed by atoms with Gasteiger partial charge < -0.3 is 9.64 Å². The fraction of sp³-hybridized carbons (Fsp3) is 0.409. The summed E-state index contributed by atoms with van der Waals surface area (Å²) < 4.78 is 5.92. The lowest BCUT2D eigenvalue weighted by atomic mass is 10.0. The van der Waals surface area contributed by atoms with Gasteiger partial charge >= 0.3 is 0 Å². The van der Waals surface area contributed by atoms with Gasteiger partial charge in [0.25, 0.3) is 0 Å². The molecule has 138 valence electrons. The van der Waals surface area contributed by atoms with E-state index in [9.17, 15) is 0 Å². The zero-order chi connectivity index (χ0) is 18.0. The number of para-hydroxylation sites is 1. The Labute approximate surface area is 156 Å². The molecule has 1 aliphatic rings. The second-order valence-corrected chi connectivity index (χ2v) is 7.06. The van der Waals surface area contributed by atoms with Crippen molar-refractivity contribution in [3.8, 4) is 5.75 Å². The van der Waals surface area contributed by atoms with Crippen molar-refractivity contribution in [1.29, 1.82) is 0 Å². The molecule has 1 aliphatic heterocycles. The number of piperidine rings is 1. The lowest BCUT2D eigenvalue weighted by Crippen LogP contribution is -2.35. The first-order valence-corrected chi connectivity index (χ1v) is 9.59. The molecule has 1 saturated heterocycles. The van der Waals surface area contributed by atoms with E-state index < -0.39 is 0 Å². The zero-order valence-electron chi connectivity index (χ0n) is 15.6. The molecule has 2 aromatic rings. The van der Waals surface area contributed by atoms with Crippen molar-refractivity contribution in [3.63, 3.8) is 0 Å². The summed E-state index contributed by atoms with van der Waals surface area (Å²) in [5.41, 5.74) is 5.03. The van der Waals surface area contributed by atoms with E-state index in [1.54, 1.807) is 0 Å². The summed E-state index contributed by atoms with van der Waals surface area (Å²) in [6, 6.07) is 18.0. The third kappa shape index (κ3) is 6.19. The maximum absolute atomic E-state index is 5.92. The monoisotopic (exact) mass is 351 g/mol. The average Bonchev–Trinajstić information content (AvgIpc) is 2.67. The predicted molar refractivity (Wildman–Crippen MR) is 109 cm³/mol. The van der Waals surface area contributed by atoms with E-state index in [1.807, 2.05) is 60.8 Å². The third-order valence-corrected chi connectivity index (χ3v) is 4.67. The second kappa shape index (κ2) is 9.97. The summed E-state index contributed by atoms with van der Waals surface area (Å²) in [5.74, 6) is 1.74. The summed E-state index contributed by atoms with van der Waals surface area (Å²) in [6.07, 6.45) is 5.59. The first-order chi connectivity index (χ1) is 12.8. The van der Waals surface area contributed by atoms with Gasteiger partial charge in [0.1, 0.15) is 5.75 Å². The van der Waals surface area contributed by atoms with E-state index in [0.717, 1.165) is 42.5 Å². The van der Waals surface area contributed by atoms with E-state index in [2.05, 4.69) is 22.4 Å². The van der Waals surface area contributed by atoms with E-state index in [-0.39, 0.29) is 0 Å². The molecule has 1 fully saturated rings. The molecule has 2 aromatic carbocycles. The lowest BCUT2D eigenvalue weighted by Gasteiger charge is -2.30. The largest absolute Gasteiger partial charge is 0.494 e. The lowest BCUT2D eigenvalue weighted by molar-refractivity contribution is 0.170. The van der Waals surface area contributed by atoms with Gasteiger partial charge in [-0.25, -0.2) is 0 Å². The van der Waals surface area contributed by atoms with Crippen LogP contribution in [0.3, 0.4) is 0 Å². The minimum absolute atomic E-state index is 0.758. The minimum atomic E-state index is 0.758. The first-order valence-electron chi connectivity index (χ1n) is 9.59. The molecule has 4 nitrogen and oxygen atoms in total. The Balaban J connectivity index is 1.41. The highest BCUT2D eigenvalue weighted by Crippen LogP contribution is 2.16. The van der Waals surface area contributed by atoms with Crippen molar-refractivity contribution in [2.24, 2.45) is 11.0 Å². The quantitative estimate of drug-likeness (QED) is 0.428. The Morgan fingerprint density at radius 1 is 1.19 bits per heavy atom. The highest BCUT2D eigenvalue weighted by atomic mass is 16.5. The Morgan fingerprint density at radius 2 is 2.08 bits per heavy atom. The number of ether oxygens (including phenoxy) is 1. The number of nitrogens with one attached hydrogen (secondary N) is 1. The normalized spacial score (nSPS) is 18.1. The van der Waals surface area contributed by atoms with Crippen LogP contribution in [0, 0.1) is 5.92 Å². The van der Waals surface area contributed by atoms with Crippen molar-refractivity contribution in [2.45, 2.75) is 26.2 Å². The maximum atomic E-state index is 5.92. The average molecular weight is 351 g/mol. The number of anilines is 1. The van der Waals surface area contributed by atoms with Crippen LogP contribution in [0.4, 0.5) is 5.69 Å². The number of hydrogen-bond donors (Lipinski definition) is 1. The summed E-state index contributed by atoms with van der Waals surface area (Å²) >= 11 is 0. The van der Waals surface area contributed by atoms with Gasteiger partial charge in [-0.1, -0.05) is 37.3 Å². The van der Waals surface area contributed by atoms with Crippen LogP contribution in [-0.2, 0) is 0 Å². The summed E-state index contributed by atoms with van der Waals surface area (Å²) in [4.78, 5) is 2.57. The molecule has 0 saturated carbocycles. The highest BCUT2D eigenvalue weighted by Gasteiger charge is 2.15. The Morgan fingerprint density at radius 3 is 2.92 bits per heavy atom. The molecule has 1 heterocycles. The molecule has 3 rings (SSSR count). The standard InChI is InChI=1S/C22H29N3O/c1-19-8-6-13-25(18-19)14-7-15-26-22-12-5-9-20(16-22)17-23-24-21-10-3-2-4-11-21/h2-5,9-12,16-17,19,24H,6-8,13-15,18H2,1H3. The van der Waals surface area contributed by atoms with Crippen LogP contribution in [-0.4, -0.2) is 37.4 Å². The zero-order valence-corrected chi connectivity index (χ0v) is 15.6. The van der Waals surface area contributed by atoms with E-state index in [0.29, 0.717) is 0 Å². The van der Waals surface area contributed by atoms with E-state index in [1.165, 1.54) is 25.9 Å². The topological polar surface area (TPSA) is 36.9 Å². The van der Waals surface area contributed by atoms with Gasteiger partial charge in [0, 0.05) is 13.1 Å². The Kier molecular flexibility index (Phi) is 7.08. The Hall–Kier alpha value is -2.33. The van der Waals surface area contributed by atoms with Gasteiger partial charge in [0.15, 0.2) is 0 Å². The predicted octanol–water partition coefficient (Wildman–Crippen LogP) is 4.63. The Bertz CT molecular complexity index is 687. The summed E-state index contributed by atoms with van der Waals surface area (Å²) in [5, 5.41) is 4.28. The maximum Gasteiger partial charge on any atom is 0.119 e. The first kappa shape index (κ1) is 18.5. The summed E-state index contributed by atoms with van der Waals surface area (Å²) in [7, 11) is 0. The van der Waals surface area contributed by atoms with Crippen LogP contribution in [0.2, 0.25) is 0 Å². The number of nitrogens with zero attached hydrogens (tertiary/aromatic N) is 2. The number of likely N-dealkylation sites (tertiary alicyclic amines) is 1. The third-order valence-electron chi connectivity index (χ3n) is 4.67. The molecule has 1 unspecified atom stereocenters. The van der Waals surface area contributed by atoms with E-state index >= 15 is 0 Å². The van der Waals surface area contributed by atoms with Crippen LogP contribution in [0.5, 0.6) is 5.75 Å². The fourth-order valence-electron chi connectivity index (χ4n) is 3.35. The van der Waals surface area contributed by atoms with Crippen LogP contribution in [0.25, 0.3) is 0 Å². The van der Waals surface area contributed by atoms with Crippen molar-refractivity contribution in [1.82, 2.24) is 4.90 Å².